The zero-order chi connectivity index (χ0) is 12.0. The van der Waals surface area contributed by atoms with Gasteiger partial charge in [-0.2, -0.15) is 0 Å². The number of nitrogens with two attached hydrogens (primary N) is 1. The first-order valence-corrected chi connectivity index (χ1v) is 6.24. The van der Waals surface area contributed by atoms with Crippen LogP contribution in [0.15, 0.2) is 0 Å². The van der Waals surface area contributed by atoms with Crippen LogP contribution in [0.2, 0.25) is 0 Å². The SMILES string of the molecule is CCN(CCOC)C1(CN)CCOC(C)C1. The van der Waals surface area contributed by atoms with Gasteiger partial charge in [-0.05, 0) is 26.3 Å². The standard InChI is InChI=1S/C12H26N2O2/c1-4-14(6-8-15-3)12(10-13)5-7-16-11(2)9-12/h11H,4-10,13H2,1-3H3. The topological polar surface area (TPSA) is 47.7 Å². The van der Waals surface area contributed by atoms with Crippen LogP contribution in [0.5, 0.6) is 0 Å². The zero-order valence-electron chi connectivity index (χ0n) is 10.9. The number of likely N-dealkylation sites (N-methyl/N-ethyl adjacent to an activating group) is 1. The van der Waals surface area contributed by atoms with Gasteiger partial charge in [-0.3, -0.25) is 4.90 Å². The van der Waals surface area contributed by atoms with Crippen LogP contribution in [0.4, 0.5) is 0 Å². The zero-order valence-corrected chi connectivity index (χ0v) is 10.9. The van der Waals surface area contributed by atoms with E-state index in [9.17, 15) is 0 Å². The first kappa shape index (κ1) is 13.9. The van der Waals surface area contributed by atoms with Crippen LogP contribution in [-0.4, -0.2) is 56.5 Å². The minimum atomic E-state index is 0.116. The first-order valence-electron chi connectivity index (χ1n) is 6.24. The van der Waals surface area contributed by atoms with E-state index in [1.807, 2.05) is 0 Å². The van der Waals surface area contributed by atoms with E-state index >= 15 is 0 Å². The molecule has 1 aliphatic rings. The maximum absolute atomic E-state index is 6.01. The summed E-state index contributed by atoms with van der Waals surface area (Å²) in [6, 6.07) is 0. The van der Waals surface area contributed by atoms with Crippen molar-refractivity contribution in [2.24, 2.45) is 5.73 Å². The number of rotatable bonds is 6. The molecule has 0 aromatic carbocycles. The molecule has 1 fully saturated rings. The van der Waals surface area contributed by atoms with Gasteiger partial charge in [0.15, 0.2) is 0 Å². The highest BCUT2D eigenvalue weighted by Gasteiger charge is 2.38. The normalized spacial score (nSPS) is 30.9. The summed E-state index contributed by atoms with van der Waals surface area (Å²) in [5, 5.41) is 0. The fraction of sp³-hybridized carbons (Fsp3) is 1.00. The van der Waals surface area contributed by atoms with Crippen LogP contribution in [0, 0.1) is 0 Å². The molecule has 0 bridgehead atoms. The minimum absolute atomic E-state index is 0.116. The number of hydrogen-bond acceptors (Lipinski definition) is 4. The van der Waals surface area contributed by atoms with Gasteiger partial charge in [-0.1, -0.05) is 6.92 Å². The van der Waals surface area contributed by atoms with Gasteiger partial charge in [0.2, 0.25) is 0 Å². The minimum Gasteiger partial charge on any atom is -0.383 e. The van der Waals surface area contributed by atoms with E-state index in [-0.39, 0.29) is 5.54 Å². The smallest absolute Gasteiger partial charge is 0.0589 e. The summed E-state index contributed by atoms with van der Waals surface area (Å²) in [5.74, 6) is 0. The van der Waals surface area contributed by atoms with Crippen molar-refractivity contribution < 1.29 is 9.47 Å². The van der Waals surface area contributed by atoms with Crippen LogP contribution >= 0.6 is 0 Å². The molecule has 1 saturated heterocycles. The fourth-order valence-corrected chi connectivity index (χ4v) is 2.68. The molecule has 0 saturated carbocycles. The molecule has 1 heterocycles. The molecule has 0 aromatic heterocycles. The van der Waals surface area contributed by atoms with Crippen molar-refractivity contribution >= 4 is 0 Å². The third-order valence-electron chi connectivity index (χ3n) is 3.64. The van der Waals surface area contributed by atoms with E-state index < -0.39 is 0 Å². The third kappa shape index (κ3) is 3.17. The summed E-state index contributed by atoms with van der Waals surface area (Å²) in [7, 11) is 1.75. The molecule has 1 aliphatic heterocycles. The largest absolute Gasteiger partial charge is 0.383 e. The van der Waals surface area contributed by atoms with Gasteiger partial charge < -0.3 is 15.2 Å². The Hall–Kier alpha value is -0.160. The van der Waals surface area contributed by atoms with Gasteiger partial charge in [-0.25, -0.2) is 0 Å². The van der Waals surface area contributed by atoms with Crippen molar-refractivity contribution in [2.75, 3.05) is 40.0 Å². The van der Waals surface area contributed by atoms with E-state index in [1.165, 1.54) is 0 Å². The second-order valence-electron chi connectivity index (χ2n) is 4.64. The molecular weight excluding hydrogens is 204 g/mol. The highest BCUT2D eigenvalue weighted by molar-refractivity contribution is 4.95. The molecule has 0 radical (unpaired) electrons. The van der Waals surface area contributed by atoms with Crippen molar-refractivity contribution in [1.82, 2.24) is 4.90 Å². The highest BCUT2D eigenvalue weighted by atomic mass is 16.5. The number of methoxy groups -OCH3 is 1. The molecule has 2 unspecified atom stereocenters. The van der Waals surface area contributed by atoms with E-state index in [0.29, 0.717) is 12.6 Å². The number of ether oxygens (including phenoxy) is 2. The van der Waals surface area contributed by atoms with E-state index in [4.69, 9.17) is 15.2 Å². The Kier molecular flexibility index (Phi) is 5.69. The van der Waals surface area contributed by atoms with Crippen molar-refractivity contribution in [3.8, 4) is 0 Å². The number of nitrogens with zero attached hydrogens (tertiary/aromatic N) is 1. The molecule has 0 aromatic rings. The molecule has 4 heteroatoms. The lowest BCUT2D eigenvalue weighted by atomic mass is 9.85. The Balaban J connectivity index is 2.66. The lowest BCUT2D eigenvalue weighted by Gasteiger charge is -2.47. The summed E-state index contributed by atoms with van der Waals surface area (Å²) in [6.45, 7) is 8.59. The molecule has 0 aliphatic carbocycles. The Morgan fingerprint density at radius 3 is 2.81 bits per heavy atom. The molecule has 2 N–H and O–H groups in total. The second-order valence-corrected chi connectivity index (χ2v) is 4.64. The lowest BCUT2D eigenvalue weighted by molar-refractivity contribution is -0.0667. The first-order chi connectivity index (χ1) is 7.68. The fourth-order valence-electron chi connectivity index (χ4n) is 2.68. The van der Waals surface area contributed by atoms with Gasteiger partial charge in [0, 0.05) is 32.3 Å². The van der Waals surface area contributed by atoms with E-state index in [2.05, 4.69) is 18.7 Å². The Bertz CT molecular complexity index is 201. The summed E-state index contributed by atoms with van der Waals surface area (Å²) in [6.07, 6.45) is 2.38. The molecule has 2 atom stereocenters. The van der Waals surface area contributed by atoms with Gasteiger partial charge in [0.25, 0.3) is 0 Å². The van der Waals surface area contributed by atoms with Crippen LogP contribution in [-0.2, 0) is 9.47 Å². The average molecular weight is 230 g/mol. The van der Waals surface area contributed by atoms with Crippen LogP contribution in [0.25, 0.3) is 0 Å². The molecule has 16 heavy (non-hydrogen) atoms. The van der Waals surface area contributed by atoms with Gasteiger partial charge in [0.1, 0.15) is 0 Å². The van der Waals surface area contributed by atoms with Crippen molar-refractivity contribution in [1.29, 1.82) is 0 Å². The van der Waals surface area contributed by atoms with Crippen molar-refractivity contribution in [3.05, 3.63) is 0 Å². The molecule has 4 nitrogen and oxygen atoms in total. The molecule has 0 spiro atoms. The monoisotopic (exact) mass is 230 g/mol. The summed E-state index contributed by atoms with van der Waals surface area (Å²) < 4.78 is 10.8. The van der Waals surface area contributed by atoms with Gasteiger partial charge in [-0.15, -0.1) is 0 Å². The van der Waals surface area contributed by atoms with Crippen LogP contribution in [0.1, 0.15) is 26.7 Å². The molecule has 96 valence electrons. The molecule has 1 rings (SSSR count). The Morgan fingerprint density at radius 2 is 2.31 bits per heavy atom. The predicted molar refractivity (Wildman–Crippen MR) is 65.6 cm³/mol. The van der Waals surface area contributed by atoms with Gasteiger partial charge >= 0.3 is 0 Å². The summed E-state index contributed by atoms with van der Waals surface area (Å²) in [4.78, 5) is 2.45. The predicted octanol–water partition coefficient (Wildman–Crippen LogP) is 0.851. The third-order valence-corrected chi connectivity index (χ3v) is 3.64. The Morgan fingerprint density at radius 1 is 1.56 bits per heavy atom. The van der Waals surface area contributed by atoms with Crippen LogP contribution in [0.3, 0.4) is 0 Å². The quantitative estimate of drug-likeness (QED) is 0.735. The number of hydrogen-bond donors (Lipinski definition) is 1. The van der Waals surface area contributed by atoms with Crippen LogP contribution < -0.4 is 5.73 Å². The maximum Gasteiger partial charge on any atom is 0.0589 e. The highest BCUT2D eigenvalue weighted by Crippen LogP contribution is 2.29. The van der Waals surface area contributed by atoms with Gasteiger partial charge in [0.05, 0.1) is 12.7 Å². The van der Waals surface area contributed by atoms with E-state index in [1.54, 1.807) is 7.11 Å². The Labute approximate surface area is 99.1 Å². The van der Waals surface area contributed by atoms with Crippen molar-refractivity contribution in [3.63, 3.8) is 0 Å². The summed E-state index contributed by atoms with van der Waals surface area (Å²) in [5.41, 5.74) is 6.13. The molecule has 0 amide bonds. The molecular formula is C12H26N2O2. The lowest BCUT2D eigenvalue weighted by Crippen LogP contribution is -2.58. The average Bonchev–Trinajstić information content (AvgIpc) is 2.30. The second kappa shape index (κ2) is 6.55. The van der Waals surface area contributed by atoms with E-state index in [0.717, 1.165) is 39.1 Å². The maximum atomic E-state index is 6.01. The van der Waals surface area contributed by atoms with Crippen molar-refractivity contribution in [2.45, 2.75) is 38.3 Å². The summed E-state index contributed by atoms with van der Waals surface area (Å²) >= 11 is 0.